The largest absolute Gasteiger partial charge is 0.456 e. The summed E-state index contributed by atoms with van der Waals surface area (Å²) in [5.41, 5.74) is 0. The van der Waals surface area contributed by atoms with Crippen molar-refractivity contribution in [1.29, 1.82) is 0 Å². The highest BCUT2D eigenvalue weighted by atomic mass is 32.2. The third-order valence-corrected chi connectivity index (χ3v) is 4.30. The van der Waals surface area contributed by atoms with Gasteiger partial charge in [-0.1, -0.05) is 5.92 Å². The molecule has 11 nitrogen and oxygen atoms in total. The Bertz CT molecular complexity index is 742. The monoisotopic (exact) mass is 422 g/mol. The second-order valence-corrected chi connectivity index (χ2v) is 7.88. The summed E-state index contributed by atoms with van der Waals surface area (Å²) in [5.74, 6) is -0.754. The van der Waals surface area contributed by atoms with Crippen LogP contribution in [0, 0.1) is 12.3 Å². The maximum absolute atomic E-state index is 11.6. The maximum atomic E-state index is 11.6. The molecule has 0 saturated carbocycles. The van der Waals surface area contributed by atoms with Crippen LogP contribution in [-0.4, -0.2) is 76.5 Å². The molecule has 6 atom stereocenters. The van der Waals surface area contributed by atoms with E-state index in [2.05, 4.69) is 5.92 Å². The molecule has 2 aliphatic heterocycles. The zero-order chi connectivity index (χ0) is 21.1. The quantitative estimate of drug-likeness (QED) is 0.293. The second kappa shape index (κ2) is 8.73. The zero-order valence-corrected chi connectivity index (χ0v) is 16.6. The SMILES string of the molecule is C#CCOC1(C)O[C@@H]2O[C@H](COS(C)(=O)=O)[C@@H](OC(C)=O)[C@H](OC(C)=O)[C@@H]2O1. The lowest BCUT2D eigenvalue weighted by Crippen LogP contribution is -2.60. The van der Waals surface area contributed by atoms with Crippen LogP contribution in [0.3, 0.4) is 0 Å². The molecule has 2 rings (SSSR count). The van der Waals surface area contributed by atoms with Crippen LogP contribution in [0.1, 0.15) is 20.8 Å². The zero-order valence-electron chi connectivity index (χ0n) is 15.8. The van der Waals surface area contributed by atoms with E-state index in [1.807, 2.05) is 0 Å². The van der Waals surface area contributed by atoms with E-state index in [4.69, 9.17) is 39.0 Å². The van der Waals surface area contributed by atoms with Crippen molar-refractivity contribution >= 4 is 22.1 Å². The van der Waals surface area contributed by atoms with Crippen molar-refractivity contribution in [3.05, 3.63) is 0 Å². The summed E-state index contributed by atoms with van der Waals surface area (Å²) in [4.78, 5) is 23.2. The van der Waals surface area contributed by atoms with Crippen LogP contribution in [0.2, 0.25) is 0 Å². The molecular weight excluding hydrogens is 400 g/mol. The van der Waals surface area contributed by atoms with Gasteiger partial charge in [0.2, 0.25) is 0 Å². The van der Waals surface area contributed by atoms with Crippen molar-refractivity contribution in [2.24, 2.45) is 0 Å². The predicted molar refractivity (Wildman–Crippen MR) is 89.7 cm³/mol. The van der Waals surface area contributed by atoms with E-state index < -0.39 is 65.3 Å². The Morgan fingerprint density at radius 1 is 1.14 bits per heavy atom. The van der Waals surface area contributed by atoms with Gasteiger partial charge in [0, 0.05) is 20.8 Å². The molecule has 0 spiro atoms. The smallest absolute Gasteiger partial charge is 0.303 e. The topological polar surface area (TPSA) is 133 Å². The third kappa shape index (κ3) is 5.87. The first-order chi connectivity index (χ1) is 12.9. The average molecular weight is 422 g/mol. The Morgan fingerprint density at radius 2 is 1.75 bits per heavy atom. The summed E-state index contributed by atoms with van der Waals surface area (Å²) < 4.78 is 60.2. The normalized spacial score (nSPS) is 34.9. The number of fused-ring (bicyclic) bond motifs is 1. The van der Waals surface area contributed by atoms with Crippen LogP contribution >= 0.6 is 0 Å². The molecule has 0 aromatic heterocycles. The van der Waals surface area contributed by atoms with Gasteiger partial charge >= 0.3 is 11.9 Å². The minimum atomic E-state index is -3.82. The summed E-state index contributed by atoms with van der Waals surface area (Å²) in [6, 6.07) is 0. The standard InChI is InChI=1S/C16H22O11S/c1-6-7-21-16(4)26-14-13(24-10(3)18)12(23-9(2)17)11(25-15(14)27-16)8-22-28(5,19)20/h1,11-15H,7-8H2,2-5H3/t11-,12-,13+,14+,15+,16?/m1/s1. The van der Waals surface area contributed by atoms with Crippen molar-refractivity contribution in [1.82, 2.24) is 0 Å². The number of esters is 2. The molecule has 0 N–H and O–H groups in total. The summed E-state index contributed by atoms with van der Waals surface area (Å²) in [6.07, 6.45) is 0.316. The molecule has 2 saturated heterocycles. The second-order valence-electron chi connectivity index (χ2n) is 6.24. The molecule has 12 heteroatoms. The Balaban J connectivity index is 2.31. The van der Waals surface area contributed by atoms with Gasteiger partial charge in [-0.05, 0) is 0 Å². The van der Waals surface area contributed by atoms with Crippen molar-refractivity contribution < 1.29 is 50.6 Å². The lowest BCUT2D eigenvalue weighted by molar-refractivity contribution is -0.339. The number of carbonyl (C=O) groups excluding carboxylic acids is 2. The van der Waals surface area contributed by atoms with E-state index in [0.29, 0.717) is 0 Å². The van der Waals surface area contributed by atoms with Crippen LogP contribution in [0.5, 0.6) is 0 Å². The molecule has 0 aromatic carbocycles. The molecular formula is C16H22O11S. The van der Waals surface area contributed by atoms with Gasteiger partial charge in [-0.15, -0.1) is 6.42 Å². The van der Waals surface area contributed by atoms with E-state index >= 15 is 0 Å². The molecule has 1 unspecified atom stereocenters. The van der Waals surface area contributed by atoms with E-state index in [9.17, 15) is 18.0 Å². The van der Waals surface area contributed by atoms with Gasteiger partial charge in [0.05, 0.1) is 12.9 Å². The Kier molecular flexibility index (Phi) is 7.02. The van der Waals surface area contributed by atoms with Gasteiger partial charge in [0.15, 0.2) is 24.6 Å². The summed E-state index contributed by atoms with van der Waals surface area (Å²) in [5, 5.41) is 0. The number of ether oxygens (including phenoxy) is 6. The fourth-order valence-corrected chi connectivity index (χ4v) is 3.19. The highest BCUT2D eigenvalue weighted by Crippen LogP contribution is 2.39. The number of terminal acetylenes is 1. The minimum absolute atomic E-state index is 0.137. The van der Waals surface area contributed by atoms with Crippen LogP contribution < -0.4 is 0 Å². The van der Waals surface area contributed by atoms with Gasteiger partial charge < -0.3 is 23.7 Å². The van der Waals surface area contributed by atoms with E-state index in [1.54, 1.807) is 0 Å². The van der Waals surface area contributed by atoms with Crippen molar-refractivity contribution in [3.63, 3.8) is 0 Å². The van der Waals surface area contributed by atoms with Crippen molar-refractivity contribution in [2.45, 2.75) is 57.5 Å². The van der Waals surface area contributed by atoms with Gasteiger partial charge in [-0.2, -0.15) is 8.42 Å². The molecule has 2 fully saturated rings. The average Bonchev–Trinajstić information content (AvgIpc) is 2.89. The minimum Gasteiger partial charge on any atom is -0.456 e. The first-order valence-electron chi connectivity index (χ1n) is 8.21. The van der Waals surface area contributed by atoms with Gasteiger partial charge in [0.25, 0.3) is 16.1 Å². The lowest BCUT2D eigenvalue weighted by atomic mass is 9.98. The third-order valence-electron chi connectivity index (χ3n) is 3.74. The highest BCUT2D eigenvalue weighted by molar-refractivity contribution is 7.85. The van der Waals surface area contributed by atoms with E-state index in [-0.39, 0.29) is 6.61 Å². The predicted octanol–water partition coefficient (Wildman–Crippen LogP) is -0.710. The fraction of sp³-hybridized carbons (Fsp3) is 0.750. The van der Waals surface area contributed by atoms with Crippen LogP contribution in [0.15, 0.2) is 0 Å². The summed E-state index contributed by atoms with van der Waals surface area (Å²) >= 11 is 0. The number of rotatable bonds is 7. The molecule has 2 heterocycles. The highest BCUT2D eigenvalue weighted by Gasteiger charge is 2.59. The van der Waals surface area contributed by atoms with E-state index in [1.165, 1.54) is 6.92 Å². The van der Waals surface area contributed by atoms with Gasteiger partial charge in [-0.3, -0.25) is 18.5 Å². The first kappa shape index (κ1) is 22.5. The van der Waals surface area contributed by atoms with Crippen molar-refractivity contribution in [3.8, 4) is 12.3 Å². The first-order valence-corrected chi connectivity index (χ1v) is 10.0. The lowest BCUT2D eigenvalue weighted by Gasteiger charge is -2.40. The van der Waals surface area contributed by atoms with E-state index in [0.717, 1.165) is 20.1 Å². The fourth-order valence-electron chi connectivity index (χ4n) is 2.81. The number of hydrogen-bond donors (Lipinski definition) is 0. The molecule has 2 aliphatic rings. The Morgan fingerprint density at radius 3 is 2.29 bits per heavy atom. The molecule has 158 valence electrons. The summed E-state index contributed by atoms with van der Waals surface area (Å²) in [6.45, 7) is 3.07. The number of hydrogen-bond acceptors (Lipinski definition) is 11. The molecule has 0 aliphatic carbocycles. The molecule has 0 aromatic rings. The van der Waals surface area contributed by atoms with Crippen LogP contribution in [0.25, 0.3) is 0 Å². The number of carbonyl (C=O) groups is 2. The molecule has 28 heavy (non-hydrogen) atoms. The van der Waals surface area contributed by atoms with Gasteiger partial charge in [-0.25, -0.2) is 0 Å². The van der Waals surface area contributed by atoms with Crippen LogP contribution in [0.4, 0.5) is 0 Å². The molecule has 0 amide bonds. The Hall–Kier alpha value is -1.75. The maximum Gasteiger partial charge on any atom is 0.303 e. The molecule has 0 radical (unpaired) electrons. The summed E-state index contributed by atoms with van der Waals surface area (Å²) in [7, 11) is -3.82. The molecule has 0 bridgehead atoms. The van der Waals surface area contributed by atoms with Crippen molar-refractivity contribution in [2.75, 3.05) is 19.5 Å². The Labute approximate surface area is 162 Å². The van der Waals surface area contributed by atoms with Crippen LogP contribution in [-0.2, 0) is 52.3 Å². The van der Waals surface area contributed by atoms with Gasteiger partial charge in [0.1, 0.15) is 12.7 Å².